The molecule has 2 bridgehead atoms. The van der Waals surface area contributed by atoms with Crippen molar-refractivity contribution in [1.82, 2.24) is 9.47 Å². The highest BCUT2D eigenvalue weighted by Crippen LogP contribution is 2.69. The Hall–Kier alpha value is -4.13. The van der Waals surface area contributed by atoms with Crippen molar-refractivity contribution in [2.24, 2.45) is 5.92 Å². The fraction of sp³-hybridized carbons (Fsp3) is 0.350. The van der Waals surface area contributed by atoms with E-state index in [4.69, 9.17) is 9.47 Å². The SMILES string of the molecule is O[C@@]12Cc3c(n(Cc4ccc(F)cc4)c4ccccc34)[C@@H]3Oc4c(OCc5ccccc5)ccc5c4[C@@]31CCN(CC1CC1)C2C5. The van der Waals surface area contributed by atoms with Gasteiger partial charge in [-0.15, -0.1) is 0 Å². The summed E-state index contributed by atoms with van der Waals surface area (Å²) in [5.74, 6) is 2.06. The summed E-state index contributed by atoms with van der Waals surface area (Å²) in [5.41, 5.74) is 6.46. The fourth-order valence-corrected chi connectivity index (χ4v) is 9.58. The van der Waals surface area contributed by atoms with Crippen LogP contribution in [0.2, 0.25) is 0 Å². The first kappa shape index (κ1) is 27.0. The third kappa shape index (κ3) is 3.68. The molecule has 1 saturated carbocycles. The molecule has 3 heterocycles. The number of ether oxygens (including phenoxy) is 2. The number of para-hydroxylation sites is 1. The van der Waals surface area contributed by atoms with Crippen LogP contribution in [0.4, 0.5) is 4.39 Å². The zero-order valence-corrected chi connectivity index (χ0v) is 25.8. The van der Waals surface area contributed by atoms with E-state index in [9.17, 15) is 9.50 Å². The Morgan fingerprint density at radius 2 is 1.72 bits per heavy atom. The molecular formula is C40H37FN2O3. The number of aromatic nitrogens is 1. The molecule has 2 fully saturated rings. The van der Waals surface area contributed by atoms with E-state index in [1.54, 1.807) is 0 Å². The Kier molecular flexibility index (Phi) is 5.69. The van der Waals surface area contributed by atoms with Gasteiger partial charge in [0.05, 0.1) is 16.7 Å². The first-order valence-electron chi connectivity index (χ1n) is 16.8. The van der Waals surface area contributed by atoms with Crippen LogP contribution >= 0.6 is 0 Å². The van der Waals surface area contributed by atoms with Gasteiger partial charge in [-0.2, -0.15) is 0 Å². The maximum atomic E-state index is 13.9. The maximum Gasteiger partial charge on any atom is 0.166 e. The predicted molar refractivity (Wildman–Crippen MR) is 175 cm³/mol. The number of benzene rings is 4. The minimum atomic E-state index is -0.987. The Bertz CT molecular complexity index is 2000. The molecular weight excluding hydrogens is 575 g/mol. The first-order valence-corrected chi connectivity index (χ1v) is 16.8. The van der Waals surface area contributed by atoms with Crippen molar-refractivity contribution in [3.63, 3.8) is 0 Å². The van der Waals surface area contributed by atoms with Gasteiger partial charge >= 0.3 is 0 Å². The van der Waals surface area contributed by atoms with Gasteiger partial charge in [-0.05, 0) is 84.7 Å². The van der Waals surface area contributed by atoms with Crippen LogP contribution in [0.1, 0.15) is 58.9 Å². The summed E-state index contributed by atoms with van der Waals surface area (Å²) in [4.78, 5) is 2.61. The molecule has 1 N–H and O–H groups in total. The largest absolute Gasteiger partial charge is 0.485 e. The smallest absolute Gasteiger partial charge is 0.166 e. The van der Waals surface area contributed by atoms with Crippen LogP contribution in [-0.2, 0) is 31.4 Å². The molecule has 232 valence electrons. The van der Waals surface area contributed by atoms with Crippen LogP contribution < -0.4 is 9.47 Å². The zero-order valence-electron chi connectivity index (χ0n) is 25.8. The van der Waals surface area contributed by atoms with Crippen molar-refractivity contribution in [1.29, 1.82) is 0 Å². The lowest BCUT2D eigenvalue weighted by atomic mass is 9.49. The molecule has 3 aliphatic carbocycles. The molecule has 0 amide bonds. The monoisotopic (exact) mass is 612 g/mol. The summed E-state index contributed by atoms with van der Waals surface area (Å²) in [5, 5.41) is 14.6. The molecule has 46 heavy (non-hydrogen) atoms. The highest BCUT2D eigenvalue weighted by Gasteiger charge is 2.73. The number of rotatable bonds is 7. The summed E-state index contributed by atoms with van der Waals surface area (Å²) < 4.78 is 30.1. The van der Waals surface area contributed by atoms with E-state index in [2.05, 4.69) is 58.0 Å². The van der Waals surface area contributed by atoms with E-state index in [-0.39, 0.29) is 18.0 Å². The van der Waals surface area contributed by atoms with Gasteiger partial charge in [0.1, 0.15) is 12.4 Å². The molecule has 4 aromatic carbocycles. The normalized spacial score (nSPS) is 27.3. The van der Waals surface area contributed by atoms with Crippen LogP contribution in [0, 0.1) is 11.7 Å². The second-order valence-corrected chi connectivity index (χ2v) is 14.3. The highest BCUT2D eigenvalue weighted by atomic mass is 19.1. The average Bonchev–Trinajstić information content (AvgIpc) is 3.75. The molecule has 5 aliphatic rings. The minimum absolute atomic E-state index is 0.0230. The van der Waals surface area contributed by atoms with Gasteiger partial charge in [-0.3, -0.25) is 4.90 Å². The van der Waals surface area contributed by atoms with Gasteiger partial charge in [0.15, 0.2) is 17.6 Å². The second kappa shape index (κ2) is 9.69. The molecule has 1 aromatic heterocycles. The van der Waals surface area contributed by atoms with Gasteiger partial charge < -0.3 is 19.1 Å². The lowest BCUT2D eigenvalue weighted by Gasteiger charge is -2.63. The fourth-order valence-electron chi connectivity index (χ4n) is 9.58. The summed E-state index contributed by atoms with van der Waals surface area (Å²) in [6.07, 6.45) is 4.45. The number of fused-ring (bicyclic) bond motifs is 4. The number of aliphatic hydroxyl groups is 1. The standard InChI is InChI=1S/C40H37FN2O3/c41-29-15-12-26(13-16-29)23-43-32-9-5-4-8-30(32)31-21-40(44)34-20-28-14-17-33(45-24-27-6-2-1-3-7-27)37-35(28)39(40,38(46-37)36(31)43)18-19-42(34)22-25-10-11-25/h1-9,12-17,25,34,38,44H,10-11,18-24H2/t34?,38-,39-,40+/m0/s1. The summed E-state index contributed by atoms with van der Waals surface area (Å²) in [6, 6.07) is 30.0. The van der Waals surface area contributed by atoms with E-state index in [0.717, 1.165) is 71.2 Å². The molecule has 2 aliphatic heterocycles. The summed E-state index contributed by atoms with van der Waals surface area (Å²) in [6.45, 7) is 3.06. The molecule has 6 heteroatoms. The first-order chi connectivity index (χ1) is 22.5. The zero-order chi connectivity index (χ0) is 30.6. The quantitative estimate of drug-likeness (QED) is 0.213. The van der Waals surface area contributed by atoms with E-state index < -0.39 is 11.0 Å². The summed E-state index contributed by atoms with van der Waals surface area (Å²) in [7, 11) is 0. The Morgan fingerprint density at radius 3 is 2.54 bits per heavy atom. The lowest BCUT2D eigenvalue weighted by molar-refractivity contribution is -0.173. The molecule has 1 unspecified atom stereocenters. The van der Waals surface area contributed by atoms with Gasteiger partial charge in [0, 0.05) is 42.0 Å². The van der Waals surface area contributed by atoms with Crippen molar-refractivity contribution < 1.29 is 19.0 Å². The second-order valence-electron chi connectivity index (χ2n) is 14.3. The van der Waals surface area contributed by atoms with Crippen molar-refractivity contribution in [2.75, 3.05) is 13.1 Å². The molecule has 1 spiro atoms. The van der Waals surface area contributed by atoms with Gasteiger partial charge in [-0.1, -0.05) is 66.7 Å². The number of nitrogens with zero attached hydrogens (tertiary/aromatic N) is 2. The molecule has 1 saturated heterocycles. The maximum absolute atomic E-state index is 13.9. The number of likely N-dealkylation sites (tertiary alicyclic amines) is 1. The lowest BCUT2D eigenvalue weighted by Crippen LogP contribution is -2.74. The van der Waals surface area contributed by atoms with Crippen LogP contribution in [0.3, 0.4) is 0 Å². The van der Waals surface area contributed by atoms with Crippen LogP contribution in [0.5, 0.6) is 11.5 Å². The molecule has 5 nitrogen and oxygen atoms in total. The third-order valence-electron chi connectivity index (χ3n) is 11.8. The molecule has 0 radical (unpaired) electrons. The van der Waals surface area contributed by atoms with Crippen LogP contribution in [0.25, 0.3) is 10.9 Å². The van der Waals surface area contributed by atoms with E-state index in [1.807, 2.05) is 30.3 Å². The van der Waals surface area contributed by atoms with Gasteiger partial charge in [-0.25, -0.2) is 4.39 Å². The number of piperidine rings is 1. The van der Waals surface area contributed by atoms with Crippen LogP contribution in [0.15, 0.2) is 91.0 Å². The number of hydrogen-bond donors (Lipinski definition) is 1. The molecule has 10 rings (SSSR count). The molecule has 5 aromatic rings. The number of halogens is 1. The van der Waals surface area contributed by atoms with Crippen molar-refractivity contribution in [2.45, 2.75) is 68.4 Å². The topological polar surface area (TPSA) is 46.9 Å². The van der Waals surface area contributed by atoms with Crippen molar-refractivity contribution in [3.05, 3.63) is 130 Å². The van der Waals surface area contributed by atoms with E-state index >= 15 is 0 Å². The Morgan fingerprint density at radius 1 is 0.913 bits per heavy atom. The predicted octanol–water partition coefficient (Wildman–Crippen LogP) is 7.11. The van der Waals surface area contributed by atoms with Gasteiger partial charge in [0.2, 0.25) is 0 Å². The van der Waals surface area contributed by atoms with Crippen molar-refractivity contribution >= 4 is 10.9 Å². The number of hydrogen-bond acceptors (Lipinski definition) is 4. The Labute approximate surface area is 268 Å². The van der Waals surface area contributed by atoms with Crippen LogP contribution in [-0.4, -0.2) is 39.3 Å². The van der Waals surface area contributed by atoms with Crippen molar-refractivity contribution in [3.8, 4) is 11.5 Å². The van der Waals surface area contributed by atoms with Gasteiger partial charge in [0.25, 0.3) is 0 Å². The van der Waals surface area contributed by atoms with E-state index in [1.165, 1.54) is 41.5 Å². The van der Waals surface area contributed by atoms with E-state index in [0.29, 0.717) is 19.6 Å². The summed E-state index contributed by atoms with van der Waals surface area (Å²) >= 11 is 0. The average molecular weight is 613 g/mol. The molecule has 4 atom stereocenters. The Balaban J connectivity index is 1.17. The highest BCUT2D eigenvalue weighted by molar-refractivity contribution is 5.87. The third-order valence-corrected chi connectivity index (χ3v) is 11.8. The minimum Gasteiger partial charge on any atom is -0.485 e.